The van der Waals surface area contributed by atoms with E-state index in [9.17, 15) is 9.59 Å². The van der Waals surface area contributed by atoms with Crippen molar-refractivity contribution in [2.75, 3.05) is 0 Å². The van der Waals surface area contributed by atoms with Crippen molar-refractivity contribution in [3.05, 3.63) is 57.2 Å². The first-order chi connectivity index (χ1) is 13.1. The normalized spacial score (nSPS) is 16.6. The van der Waals surface area contributed by atoms with Crippen molar-refractivity contribution in [1.29, 1.82) is 0 Å². The quantitative estimate of drug-likeness (QED) is 0.554. The van der Waals surface area contributed by atoms with Gasteiger partial charge in [-0.1, -0.05) is 13.0 Å². The number of fused-ring (bicyclic) bond motifs is 3. The Morgan fingerprint density at radius 2 is 2.41 bits per heavy atom. The SMILES string of the molecule is C[C@H]1CCc2c(sc3ncn(CC(=O)N/N=C\c4cccnc4)c(=O)c23)C1. The van der Waals surface area contributed by atoms with Crippen LogP contribution in [0.3, 0.4) is 0 Å². The summed E-state index contributed by atoms with van der Waals surface area (Å²) in [6.07, 6.45) is 9.23. The van der Waals surface area contributed by atoms with Crippen LogP contribution in [0.25, 0.3) is 10.2 Å². The number of hydrogen-bond acceptors (Lipinski definition) is 6. The molecule has 1 aliphatic rings. The second-order valence-electron chi connectivity index (χ2n) is 6.79. The number of nitrogens with zero attached hydrogens (tertiary/aromatic N) is 4. The summed E-state index contributed by atoms with van der Waals surface area (Å²) in [4.78, 5) is 35.4. The molecule has 0 spiro atoms. The summed E-state index contributed by atoms with van der Waals surface area (Å²) in [6.45, 7) is 2.11. The van der Waals surface area contributed by atoms with Crippen molar-refractivity contribution < 1.29 is 4.79 Å². The minimum absolute atomic E-state index is 0.118. The fourth-order valence-electron chi connectivity index (χ4n) is 3.30. The third-order valence-corrected chi connectivity index (χ3v) is 5.85. The standard InChI is InChI=1S/C19H19N5O2S/c1-12-4-5-14-15(7-12)27-18-17(14)19(26)24(11-21-18)10-16(25)23-22-9-13-3-2-6-20-8-13/h2-3,6,8-9,11-12H,4-5,7,10H2,1H3,(H,23,25)/b22-9-/t12-/m0/s1. The zero-order chi connectivity index (χ0) is 18.8. The maximum atomic E-state index is 12.9. The van der Waals surface area contributed by atoms with E-state index in [1.807, 2.05) is 6.07 Å². The summed E-state index contributed by atoms with van der Waals surface area (Å²) in [6, 6.07) is 3.61. The Morgan fingerprint density at radius 3 is 3.22 bits per heavy atom. The van der Waals surface area contributed by atoms with Crippen molar-refractivity contribution in [3.8, 4) is 0 Å². The van der Waals surface area contributed by atoms with Gasteiger partial charge in [-0.15, -0.1) is 11.3 Å². The fourth-order valence-corrected chi connectivity index (χ4v) is 4.64. The lowest BCUT2D eigenvalue weighted by Gasteiger charge is -2.17. The number of aromatic nitrogens is 3. The smallest absolute Gasteiger partial charge is 0.262 e. The average Bonchev–Trinajstić information content (AvgIpc) is 3.03. The summed E-state index contributed by atoms with van der Waals surface area (Å²) in [5.74, 6) is 0.257. The molecule has 27 heavy (non-hydrogen) atoms. The molecule has 0 saturated carbocycles. The summed E-state index contributed by atoms with van der Waals surface area (Å²) >= 11 is 1.60. The number of rotatable bonds is 4. The van der Waals surface area contributed by atoms with E-state index in [1.54, 1.807) is 29.8 Å². The first-order valence-corrected chi connectivity index (χ1v) is 9.65. The molecule has 1 N–H and O–H groups in total. The van der Waals surface area contributed by atoms with Gasteiger partial charge in [-0.2, -0.15) is 5.10 Å². The Balaban J connectivity index is 1.52. The van der Waals surface area contributed by atoms with Crippen molar-refractivity contribution in [2.45, 2.75) is 32.7 Å². The van der Waals surface area contributed by atoms with E-state index in [1.165, 1.54) is 22.0 Å². The lowest BCUT2D eigenvalue weighted by Crippen LogP contribution is -2.30. The molecule has 8 heteroatoms. The van der Waals surface area contributed by atoms with Crippen LogP contribution in [0.5, 0.6) is 0 Å². The summed E-state index contributed by atoms with van der Waals surface area (Å²) in [5.41, 5.74) is 4.18. The fraction of sp³-hybridized carbons (Fsp3) is 0.316. The molecule has 0 bridgehead atoms. The average molecular weight is 381 g/mol. The molecule has 1 aliphatic carbocycles. The van der Waals surface area contributed by atoms with E-state index in [-0.39, 0.29) is 18.0 Å². The van der Waals surface area contributed by atoms with Crippen LogP contribution in [0.2, 0.25) is 0 Å². The molecule has 138 valence electrons. The topological polar surface area (TPSA) is 89.2 Å². The largest absolute Gasteiger partial charge is 0.289 e. The zero-order valence-electron chi connectivity index (χ0n) is 14.9. The Morgan fingerprint density at radius 1 is 1.52 bits per heavy atom. The van der Waals surface area contributed by atoms with Crippen LogP contribution in [-0.4, -0.2) is 26.7 Å². The maximum Gasteiger partial charge on any atom is 0.262 e. The number of hydrazone groups is 1. The van der Waals surface area contributed by atoms with Gasteiger partial charge in [-0.3, -0.25) is 19.1 Å². The highest BCUT2D eigenvalue weighted by Gasteiger charge is 2.23. The Labute approximate surface area is 159 Å². The van der Waals surface area contributed by atoms with Crippen molar-refractivity contribution in [1.82, 2.24) is 20.0 Å². The van der Waals surface area contributed by atoms with Gasteiger partial charge in [0.1, 0.15) is 11.4 Å². The lowest BCUT2D eigenvalue weighted by molar-refractivity contribution is -0.121. The molecule has 4 rings (SSSR count). The number of thiophene rings is 1. The number of carbonyl (C=O) groups excluding carboxylic acids is 1. The molecule has 0 radical (unpaired) electrons. The highest BCUT2D eigenvalue weighted by Crippen LogP contribution is 2.35. The second kappa shape index (κ2) is 7.40. The van der Waals surface area contributed by atoms with E-state index in [0.717, 1.165) is 35.2 Å². The van der Waals surface area contributed by atoms with Gasteiger partial charge in [-0.05, 0) is 36.8 Å². The van der Waals surface area contributed by atoms with Crippen LogP contribution in [0, 0.1) is 5.92 Å². The summed E-state index contributed by atoms with van der Waals surface area (Å²) < 4.78 is 1.35. The van der Waals surface area contributed by atoms with Gasteiger partial charge in [0.05, 0.1) is 17.9 Å². The van der Waals surface area contributed by atoms with Crippen LogP contribution in [-0.2, 0) is 24.2 Å². The van der Waals surface area contributed by atoms with E-state index in [0.29, 0.717) is 11.3 Å². The van der Waals surface area contributed by atoms with E-state index >= 15 is 0 Å². The van der Waals surface area contributed by atoms with Crippen LogP contribution in [0.15, 0.2) is 40.7 Å². The maximum absolute atomic E-state index is 12.9. The predicted octanol–water partition coefficient (Wildman–Crippen LogP) is 2.13. The number of hydrogen-bond donors (Lipinski definition) is 1. The monoisotopic (exact) mass is 381 g/mol. The molecular weight excluding hydrogens is 362 g/mol. The molecule has 3 aromatic heterocycles. The lowest BCUT2D eigenvalue weighted by atomic mass is 9.89. The first-order valence-electron chi connectivity index (χ1n) is 8.83. The Bertz CT molecular complexity index is 1070. The third-order valence-electron chi connectivity index (χ3n) is 4.68. The molecule has 3 aromatic rings. The van der Waals surface area contributed by atoms with Gasteiger partial charge in [0, 0.05) is 22.8 Å². The molecule has 1 atom stereocenters. The number of pyridine rings is 1. The van der Waals surface area contributed by atoms with E-state index in [2.05, 4.69) is 27.4 Å². The molecular formula is C19H19N5O2S. The molecule has 1 amide bonds. The highest BCUT2D eigenvalue weighted by molar-refractivity contribution is 7.18. The van der Waals surface area contributed by atoms with E-state index < -0.39 is 0 Å². The zero-order valence-corrected chi connectivity index (χ0v) is 15.7. The van der Waals surface area contributed by atoms with Crippen LogP contribution < -0.4 is 11.0 Å². The Kier molecular flexibility index (Phi) is 4.81. The number of nitrogens with one attached hydrogen (secondary N) is 1. The van der Waals surface area contributed by atoms with Crippen LogP contribution in [0.1, 0.15) is 29.3 Å². The highest BCUT2D eigenvalue weighted by atomic mass is 32.1. The van der Waals surface area contributed by atoms with Gasteiger partial charge >= 0.3 is 0 Å². The van der Waals surface area contributed by atoms with Gasteiger partial charge in [-0.25, -0.2) is 10.4 Å². The number of aryl methyl sites for hydroxylation is 1. The summed E-state index contributed by atoms with van der Waals surface area (Å²) in [7, 11) is 0. The third kappa shape index (κ3) is 3.66. The molecule has 3 heterocycles. The Hall–Kier alpha value is -2.87. The van der Waals surface area contributed by atoms with Crippen LogP contribution in [0.4, 0.5) is 0 Å². The van der Waals surface area contributed by atoms with Gasteiger partial charge in [0.25, 0.3) is 11.5 Å². The molecule has 0 aliphatic heterocycles. The van der Waals surface area contributed by atoms with Gasteiger partial charge < -0.3 is 0 Å². The predicted molar refractivity (Wildman–Crippen MR) is 105 cm³/mol. The van der Waals surface area contributed by atoms with Crippen molar-refractivity contribution >= 4 is 33.7 Å². The molecule has 7 nitrogen and oxygen atoms in total. The summed E-state index contributed by atoms with van der Waals surface area (Å²) in [5, 5.41) is 4.58. The molecule has 0 unspecified atom stereocenters. The second-order valence-corrected chi connectivity index (χ2v) is 7.87. The van der Waals surface area contributed by atoms with Gasteiger partial charge in [0.2, 0.25) is 0 Å². The number of amides is 1. The minimum atomic E-state index is -0.379. The van der Waals surface area contributed by atoms with Gasteiger partial charge in [0.15, 0.2) is 0 Å². The first kappa shape index (κ1) is 17.5. The minimum Gasteiger partial charge on any atom is -0.289 e. The number of carbonyl (C=O) groups is 1. The van der Waals surface area contributed by atoms with E-state index in [4.69, 9.17) is 0 Å². The van der Waals surface area contributed by atoms with Crippen molar-refractivity contribution in [3.63, 3.8) is 0 Å². The molecule has 0 saturated heterocycles. The molecule has 0 fully saturated rings. The molecule has 0 aromatic carbocycles. The van der Waals surface area contributed by atoms with Crippen LogP contribution >= 0.6 is 11.3 Å². The van der Waals surface area contributed by atoms with Crippen molar-refractivity contribution in [2.24, 2.45) is 11.0 Å².